The number of carbonyl (C=O) groups excluding carboxylic acids is 2. The summed E-state index contributed by atoms with van der Waals surface area (Å²) in [7, 11) is 0. The largest absolute Gasteiger partial charge is 0.354 e. The van der Waals surface area contributed by atoms with Gasteiger partial charge in [0.2, 0.25) is 11.8 Å². The number of rotatable bonds is 16. The van der Waals surface area contributed by atoms with Crippen LogP contribution < -0.4 is 10.6 Å². The predicted molar refractivity (Wildman–Crippen MR) is 110 cm³/mol. The van der Waals surface area contributed by atoms with E-state index in [0.29, 0.717) is 12.8 Å². The molecule has 0 saturated carbocycles. The second-order valence-electron chi connectivity index (χ2n) is 7.04. The molecular weight excluding hydrogens is 332 g/mol. The van der Waals surface area contributed by atoms with Crippen LogP contribution in [0, 0.1) is 0 Å². The number of hydrogen-bond donors (Lipinski definition) is 2. The van der Waals surface area contributed by atoms with Gasteiger partial charge < -0.3 is 10.6 Å². The Morgan fingerprint density at radius 3 is 1.52 bits per heavy atom. The van der Waals surface area contributed by atoms with E-state index < -0.39 is 0 Å². The van der Waals surface area contributed by atoms with Crippen LogP contribution in [0.4, 0.5) is 0 Å². The first-order valence-corrected chi connectivity index (χ1v) is 11.3. The fraction of sp³-hybridized carbons (Fsp3) is 0.900. The predicted octanol–water partition coefficient (Wildman–Crippen LogP) is 4.67. The first kappa shape index (κ1) is 24.3. The molecule has 0 spiro atoms. The number of thioether (sulfide) groups is 1. The van der Waals surface area contributed by atoms with Crippen LogP contribution in [0.5, 0.6) is 0 Å². The number of unbranched alkanes of at least 4 members (excludes halogenated alkanes) is 4. The highest BCUT2D eigenvalue weighted by Gasteiger charge is 2.09. The molecule has 0 aliphatic heterocycles. The Balaban J connectivity index is 3.57. The van der Waals surface area contributed by atoms with Crippen LogP contribution in [0.25, 0.3) is 0 Å². The van der Waals surface area contributed by atoms with Crippen molar-refractivity contribution in [3.05, 3.63) is 0 Å². The Morgan fingerprint density at radius 1 is 0.760 bits per heavy atom. The Bertz CT molecular complexity index is 319. The number of nitrogens with one attached hydrogen (secondary N) is 2. The zero-order chi connectivity index (χ0) is 18.9. The highest BCUT2D eigenvalue weighted by Crippen LogP contribution is 2.07. The molecular formula is C20H40N2O2S. The lowest BCUT2D eigenvalue weighted by Gasteiger charge is -2.14. The van der Waals surface area contributed by atoms with Gasteiger partial charge in [0.15, 0.2) is 0 Å². The minimum atomic E-state index is 0.130. The van der Waals surface area contributed by atoms with Crippen LogP contribution in [-0.2, 0) is 9.59 Å². The quantitative estimate of drug-likeness (QED) is 0.387. The van der Waals surface area contributed by atoms with Crippen LogP contribution in [0.3, 0.4) is 0 Å². The van der Waals surface area contributed by atoms with Gasteiger partial charge >= 0.3 is 0 Å². The Kier molecular flexibility index (Phi) is 16.3. The lowest BCUT2D eigenvalue weighted by Crippen LogP contribution is -2.33. The van der Waals surface area contributed by atoms with E-state index in [9.17, 15) is 9.59 Å². The molecule has 4 nitrogen and oxygen atoms in total. The maximum absolute atomic E-state index is 11.9. The van der Waals surface area contributed by atoms with Crippen molar-refractivity contribution in [2.45, 2.75) is 104 Å². The van der Waals surface area contributed by atoms with Crippen molar-refractivity contribution in [2.24, 2.45) is 0 Å². The van der Waals surface area contributed by atoms with Gasteiger partial charge in [0.05, 0.1) is 0 Å². The summed E-state index contributed by atoms with van der Waals surface area (Å²) in [5.74, 6) is 1.83. The number of hydrogen-bond acceptors (Lipinski definition) is 3. The molecule has 0 heterocycles. The van der Waals surface area contributed by atoms with E-state index in [1.807, 2.05) is 0 Å². The van der Waals surface area contributed by atoms with Gasteiger partial charge in [-0.2, -0.15) is 11.8 Å². The maximum Gasteiger partial charge on any atom is 0.221 e. The summed E-state index contributed by atoms with van der Waals surface area (Å²) < 4.78 is 0. The van der Waals surface area contributed by atoms with E-state index in [4.69, 9.17) is 0 Å². The molecule has 5 heteroatoms. The molecule has 0 radical (unpaired) electrons. The van der Waals surface area contributed by atoms with E-state index in [1.54, 1.807) is 11.8 Å². The van der Waals surface area contributed by atoms with Crippen LogP contribution in [0.15, 0.2) is 0 Å². The van der Waals surface area contributed by atoms with Crippen molar-refractivity contribution in [1.29, 1.82) is 0 Å². The van der Waals surface area contributed by atoms with Crippen molar-refractivity contribution in [3.63, 3.8) is 0 Å². The Hall–Kier alpha value is -0.710. The third kappa shape index (κ3) is 16.5. The van der Waals surface area contributed by atoms with Crippen molar-refractivity contribution in [1.82, 2.24) is 10.6 Å². The summed E-state index contributed by atoms with van der Waals surface area (Å²) in [5.41, 5.74) is 0. The lowest BCUT2D eigenvalue weighted by molar-refractivity contribution is -0.122. The van der Waals surface area contributed by atoms with Gasteiger partial charge in [0.1, 0.15) is 0 Å². The van der Waals surface area contributed by atoms with Gasteiger partial charge in [0.25, 0.3) is 0 Å². The third-order valence-electron chi connectivity index (χ3n) is 4.24. The molecule has 2 N–H and O–H groups in total. The van der Waals surface area contributed by atoms with E-state index in [2.05, 4.69) is 38.3 Å². The summed E-state index contributed by atoms with van der Waals surface area (Å²) in [6.07, 6.45) is 10.4. The highest BCUT2D eigenvalue weighted by atomic mass is 32.2. The summed E-state index contributed by atoms with van der Waals surface area (Å²) in [4.78, 5) is 23.7. The average molecular weight is 373 g/mol. The minimum Gasteiger partial charge on any atom is -0.354 e. The molecule has 2 amide bonds. The second-order valence-corrected chi connectivity index (χ2v) is 8.27. The minimum absolute atomic E-state index is 0.130. The topological polar surface area (TPSA) is 58.2 Å². The van der Waals surface area contributed by atoms with E-state index in [-0.39, 0.29) is 23.9 Å². The second kappa shape index (κ2) is 16.7. The van der Waals surface area contributed by atoms with Crippen LogP contribution in [0.2, 0.25) is 0 Å². The first-order valence-electron chi connectivity index (χ1n) is 10.2. The highest BCUT2D eigenvalue weighted by molar-refractivity contribution is 7.99. The van der Waals surface area contributed by atoms with Gasteiger partial charge in [0, 0.05) is 36.4 Å². The van der Waals surface area contributed by atoms with E-state index in [1.165, 1.54) is 38.5 Å². The fourth-order valence-corrected chi connectivity index (χ4v) is 3.53. The van der Waals surface area contributed by atoms with Crippen LogP contribution in [0.1, 0.15) is 91.9 Å². The van der Waals surface area contributed by atoms with Crippen molar-refractivity contribution in [3.8, 4) is 0 Å². The Labute approximate surface area is 159 Å². The zero-order valence-electron chi connectivity index (χ0n) is 16.9. The molecule has 2 unspecified atom stereocenters. The first-order chi connectivity index (χ1) is 12.0. The van der Waals surface area contributed by atoms with Gasteiger partial charge in [-0.3, -0.25) is 9.59 Å². The number of carbonyl (C=O) groups is 2. The number of amides is 2. The summed E-state index contributed by atoms with van der Waals surface area (Å²) in [6, 6.07) is 0.535. The summed E-state index contributed by atoms with van der Waals surface area (Å²) in [5, 5.41) is 6.11. The van der Waals surface area contributed by atoms with Crippen LogP contribution >= 0.6 is 11.8 Å². The smallest absolute Gasteiger partial charge is 0.221 e. The molecule has 0 saturated heterocycles. The van der Waals surface area contributed by atoms with Crippen molar-refractivity contribution >= 4 is 23.6 Å². The maximum atomic E-state index is 11.9. The molecule has 0 aliphatic carbocycles. The standard InChI is InChI=1S/C20H40N2O2S/c1-5-7-9-11-17(3)21-19(23)13-15-25-16-14-20(24)22-18(4)12-10-8-6-2/h17-18H,5-16H2,1-4H3,(H,21,23)(H,22,24). The molecule has 2 atom stereocenters. The van der Waals surface area contributed by atoms with Crippen molar-refractivity contribution < 1.29 is 9.59 Å². The Morgan fingerprint density at radius 2 is 1.16 bits per heavy atom. The van der Waals surface area contributed by atoms with Crippen LogP contribution in [-0.4, -0.2) is 35.4 Å². The molecule has 0 aromatic rings. The SMILES string of the molecule is CCCCCC(C)NC(=O)CCSCCC(=O)NC(C)CCCCC. The average Bonchev–Trinajstić information content (AvgIpc) is 2.54. The van der Waals surface area contributed by atoms with Gasteiger partial charge in [-0.25, -0.2) is 0 Å². The molecule has 25 heavy (non-hydrogen) atoms. The molecule has 0 aromatic carbocycles. The third-order valence-corrected chi connectivity index (χ3v) is 5.23. The molecule has 0 bridgehead atoms. The van der Waals surface area contributed by atoms with Crippen molar-refractivity contribution in [2.75, 3.05) is 11.5 Å². The monoisotopic (exact) mass is 372 g/mol. The molecule has 0 fully saturated rings. The zero-order valence-corrected chi connectivity index (χ0v) is 17.7. The van der Waals surface area contributed by atoms with Gasteiger partial charge in [-0.05, 0) is 26.7 Å². The van der Waals surface area contributed by atoms with E-state index in [0.717, 1.165) is 24.3 Å². The lowest BCUT2D eigenvalue weighted by atomic mass is 10.1. The van der Waals surface area contributed by atoms with Gasteiger partial charge in [-0.15, -0.1) is 0 Å². The summed E-state index contributed by atoms with van der Waals surface area (Å²) >= 11 is 1.69. The van der Waals surface area contributed by atoms with Gasteiger partial charge in [-0.1, -0.05) is 52.4 Å². The molecule has 148 valence electrons. The summed E-state index contributed by atoms with van der Waals surface area (Å²) in [6.45, 7) is 8.53. The van der Waals surface area contributed by atoms with E-state index >= 15 is 0 Å². The normalized spacial score (nSPS) is 13.3. The molecule has 0 aliphatic rings. The molecule has 0 aromatic heterocycles. The fourth-order valence-electron chi connectivity index (χ4n) is 2.67. The molecule has 0 rings (SSSR count).